The highest BCUT2D eigenvalue weighted by Crippen LogP contribution is 2.38. The van der Waals surface area contributed by atoms with Crippen LogP contribution in [0.15, 0.2) is 57.6 Å². The van der Waals surface area contributed by atoms with Crippen LogP contribution in [0.3, 0.4) is 0 Å². The molecule has 0 aliphatic carbocycles. The molecule has 0 aliphatic rings. The average Bonchev–Trinajstić information content (AvgIpc) is 3.16. The minimum Gasteiger partial charge on any atom is -0.490 e. The number of furan rings is 1. The highest BCUT2D eigenvalue weighted by atomic mass is 79.9. The molecule has 2 aromatic carbocycles. The number of ether oxygens (including phenoxy) is 2. The van der Waals surface area contributed by atoms with E-state index in [0.29, 0.717) is 47.8 Å². The first-order valence-corrected chi connectivity index (χ1v) is 10.4. The maximum atomic E-state index is 6.24. The Labute approximate surface area is 182 Å². The van der Waals surface area contributed by atoms with Crippen LogP contribution in [0.2, 0.25) is 10.0 Å². The summed E-state index contributed by atoms with van der Waals surface area (Å²) in [7, 11) is 0. The van der Waals surface area contributed by atoms with E-state index in [1.807, 2.05) is 37.3 Å². The Balaban J connectivity index is 1.70. The molecule has 7 heteroatoms. The zero-order valence-corrected chi connectivity index (χ0v) is 18.4. The lowest BCUT2D eigenvalue weighted by Gasteiger charge is -2.16. The molecule has 0 atom stereocenters. The smallest absolute Gasteiger partial charge is 0.175 e. The van der Waals surface area contributed by atoms with Crippen LogP contribution in [-0.4, -0.2) is 6.61 Å². The number of rotatable bonds is 9. The summed E-state index contributed by atoms with van der Waals surface area (Å²) in [5, 5.41) is 4.51. The Kier molecular flexibility index (Phi) is 7.68. The van der Waals surface area contributed by atoms with Crippen LogP contribution in [0, 0.1) is 0 Å². The van der Waals surface area contributed by atoms with E-state index in [9.17, 15) is 0 Å². The fraction of sp³-hybridized carbons (Fsp3) is 0.238. The zero-order valence-electron chi connectivity index (χ0n) is 15.3. The second-order valence-corrected chi connectivity index (χ2v) is 7.74. The number of benzene rings is 2. The minimum atomic E-state index is 0.310. The maximum absolute atomic E-state index is 6.24. The summed E-state index contributed by atoms with van der Waals surface area (Å²) >= 11 is 15.8. The van der Waals surface area contributed by atoms with Crippen LogP contribution in [0.25, 0.3) is 0 Å². The molecule has 0 fully saturated rings. The van der Waals surface area contributed by atoms with Crippen LogP contribution < -0.4 is 14.8 Å². The van der Waals surface area contributed by atoms with Crippen molar-refractivity contribution in [2.75, 3.05) is 6.61 Å². The van der Waals surface area contributed by atoms with Gasteiger partial charge in [0, 0.05) is 22.2 Å². The molecule has 1 N–H and O–H groups in total. The van der Waals surface area contributed by atoms with Crippen molar-refractivity contribution in [2.45, 2.75) is 26.6 Å². The second-order valence-electron chi connectivity index (χ2n) is 6.05. The van der Waals surface area contributed by atoms with Crippen LogP contribution in [0.1, 0.15) is 23.8 Å². The van der Waals surface area contributed by atoms with E-state index in [0.717, 1.165) is 21.4 Å². The number of nitrogens with one attached hydrogen (secondary N) is 1. The first kappa shape index (κ1) is 21.1. The van der Waals surface area contributed by atoms with Gasteiger partial charge in [0.15, 0.2) is 11.5 Å². The van der Waals surface area contributed by atoms with Gasteiger partial charge in [0.25, 0.3) is 0 Å². The Hall–Kier alpha value is -1.66. The molecule has 0 unspecified atom stereocenters. The Bertz CT molecular complexity index is 916. The monoisotopic (exact) mass is 483 g/mol. The van der Waals surface area contributed by atoms with E-state index in [4.69, 9.17) is 37.1 Å². The number of hydrogen-bond donors (Lipinski definition) is 1. The van der Waals surface area contributed by atoms with Gasteiger partial charge in [0.1, 0.15) is 12.4 Å². The molecule has 0 radical (unpaired) electrons. The average molecular weight is 485 g/mol. The SMILES string of the molecule is CCOc1cc(CNCc2ccco2)cc(Br)c1OCc1ccc(Cl)cc1Cl. The molecular formula is C21H20BrCl2NO3. The standard InChI is InChI=1S/C21H20BrCl2NO3/c1-2-26-20-9-14(11-25-12-17-4-3-7-27-17)8-18(22)21(20)28-13-15-5-6-16(23)10-19(15)24/h3-10,25H,2,11-13H2,1H3. The molecule has 0 saturated heterocycles. The van der Waals surface area contributed by atoms with Crippen molar-refractivity contribution in [3.8, 4) is 11.5 Å². The van der Waals surface area contributed by atoms with E-state index in [-0.39, 0.29) is 0 Å². The highest BCUT2D eigenvalue weighted by molar-refractivity contribution is 9.10. The van der Waals surface area contributed by atoms with Gasteiger partial charge in [-0.1, -0.05) is 29.3 Å². The largest absolute Gasteiger partial charge is 0.490 e. The first-order chi connectivity index (χ1) is 13.6. The molecule has 1 heterocycles. The van der Waals surface area contributed by atoms with Crippen LogP contribution in [-0.2, 0) is 19.7 Å². The summed E-state index contributed by atoms with van der Waals surface area (Å²) in [4.78, 5) is 0. The summed E-state index contributed by atoms with van der Waals surface area (Å²) in [5.74, 6) is 2.21. The summed E-state index contributed by atoms with van der Waals surface area (Å²) in [5.41, 5.74) is 1.92. The van der Waals surface area contributed by atoms with Gasteiger partial charge < -0.3 is 19.2 Å². The zero-order chi connectivity index (χ0) is 19.9. The molecule has 3 rings (SSSR count). The summed E-state index contributed by atoms with van der Waals surface area (Å²) in [6, 6.07) is 13.1. The molecule has 4 nitrogen and oxygen atoms in total. The van der Waals surface area contributed by atoms with Crippen LogP contribution >= 0.6 is 39.1 Å². The van der Waals surface area contributed by atoms with E-state index in [1.54, 1.807) is 18.4 Å². The van der Waals surface area contributed by atoms with Crippen molar-refractivity contribution in [1.82, 2.24) is 5.32 Å². The fourth-order valence-electron chi connectivity index (χ4n) is 2.66. The normalized spacial score (nSPS) is 10.9. The summed E-state index contributed by atoms with van der Waals surface area (Å²) in [6.45, 7) is 4.11. The molecule has 3 aromatic rings. The number of halogens is 3. The van der Waals surface area contributed by atoms with Crippen molar-refractivity contribution in [3.05, 3.63) is 80.1 Å². The molecule has 28 heavy (non-hydrogen) atoms. The second kappa shape index (κ2) is 10.2. The van der Waals surface area contributed by atoms with Crippen molar-refractivity contribution < 1.29 is 13.9 Å². The van der Waals surface area contributed by atoms with Crippen molar-refractivity contribution in [1.29, 1.82) is 0 Å². The highest BCUT2D eigenvalue weighted by Gasteiger charge is 2.14. The summed E-state index contributed by atoms with van der Waals surface area (Å²) in [6.07, 6.45) is 1.67. The van der Waals surface area contributed by atoms with Gasteiger partial charge in [-0.05, 0) is 64.8 Å². The van der Waals surface area contributed by atoms with Crippen molar-refractivity contribution in [2.24, 2.45) is 0 Å². The third kappa shape index (κ3) is 5.67. The van der Waals surface area contributed by atoms with Gasteiger partial charge in [-0.25, -0.2) is 0 Å². The summed E-state index contributed by atoms with van der Waals surface area (Å²) < 4.78 is 18.0. The first-order valence-electron chi connectivity index (χ1n) is 8.82. The van der Waals surface area contributed by atoms with E-state index in [1.165, 1.54) is 0 Å². The van der Waals surface area contributed by atoms with Gasteiger partial charge >= 0.3 is 0 Å². The Morgan fingerprint density at radius 1 is 1.07 bits per heavy atom. The van der Waals surface area contributed by atoms with Crippen LogP contribution in [0.4, 0.5) is 0 Å². The Morgan fingerprint density at radius 3 is 2.64 bits per heavy atom. The van der Waals surface area contributed by atoms with Crippen LogP contribution in [0.5, 0.6) is 11.5 Å². The fourth-order valence-corrected chi connectivity index (χ4v) is 3.73. The van der Waals surface area contributed by atoms with Gasteiger partial charge in [-0.15, -0.1) is 0 Å². The molecule has 148 valence electrons. The maximum Gasteiger partial charge on any atom is 0.175 e. The lowest BCUT2D eigenvalue weighted by atomic mass is 10.2. The molecule has 0 aliphatic heterocycles. The molecule has 0 spiro atoms. The molecule has 0 bridgehead atoms. The molecular weight excluding hydrogens is 465 g/mol. The number of hydrogen-bond acceptors (Lipinski definition) is 4. The van der Waals surface area contributed by atoms with E-state index >= 15 is 0 Å². The third-order valence-electron chi connectivity index (χ3n) is 3.96. The predicted molar refractivity (Wildman–Crippen MR) is 115 cm³/mol. The van der Waals surface area contributed by atoms with E-state index in [2.05, 4.69) is 21.2 Å². The van der Waals surface area contributed by atoms with Gasteiger partial charge in [0.05, 0.1) is 23.9 Å². The lowest BCUT2D eigenvalue weighted by Crippen LogP contribution is -2.12. The topological polar surface area (TPSA) is 43.6 Å². The van der Waals surface area contributed by atoms with Crippen molar-refractivity contribution in [3.63, 3.8) is 0 Å². The van der Waals surface area contributed by atoms with Crippen molar-refractivity contribution >= 4 is 39.1 Å². The molecule has 0 saturated carbocycles. The van der Waals surface area contributed by atoms with Gasteiger partial charge in [-0.2, -0.15) is 0 Å². The quantitative estimate of drug-likeness (QED) is 0.370. The predicted octanol–water partition coefficient (Wildman–Crippen LogP) is 6.62. The lowest BCUT2D eigenvalue weighted by molar-refractivity contribution is 0.267. The third-order valence-corrected chi connectivity index (χ3v) is 5.14. The van der Waals surface area contributed by atoms with E-state index < -0.39 is 0 Å². The van der Waals surface area contributed by atoms with Gasteiger partial charge in [-0.3, -0.25) is 0 Å². The van der Waals surface area contributed by atoms with Gasteiger partial charge in [0.2, 0.25) is 0 Å². The minimum absolute atomic E-state index is 0.310. The molecule has 0 amide bonds. The molecule has 1 aromatic heterocycles. The Morgan fingerprint density at radius 2 is 1.93 bits per heavy atom.